The molecule has 138 valence electrons. The number of hydrogen-bond donors (Lipinski definition) is 0. The minimum Gasteiger partial charge on any atom is -0.452 e. The Labute approximate surface area is 154 Å². The second-order valence-electron chi connectivity index (χ2n) is 6.78. The van der Waals surface area contributed by atoms with Crippen LogP contribution in [0.3, 0.4) is 0 Å². The van der Waals surface area contributed by atoms with Crippen molar-refractivity contribution >= 4 is 22.8 Å². The van der Waals surface area contributed by atoms with E-state index in [4.69, 9.17) is 9.72 Å². The number of ether oxygens (including phenoxy) is 1. The van der Waals surface area contributed by atoms with Crippen molar-refractivity contribution in [1.29, 1.82) is 0 Å². The van der Waals surface area contributed by atoms with Crippen molar-refractivity contribution in [3.05, 3.63) is 40.6 Å². The topological polar surface area (TPSA) is 59.5 Å². The number of esters is 1. The molecule has 0 N–H and O–H groups in total. The van der Waals surface area contributed by atoms with Gasteiger partial charge in [-0.15, -0.1) is 0 Å². The summed E-state index contributed by atoms with van der Waals surface area (Å²) in [6.45, 7) is 6.83. The molecule has 0 bridgehead atoms. The highest BCUT2D eigenvalue weighted by Gasteiger charge is 2.24. The molecule has 1 aromatic carbocycles. The normalized spacial score (nSPS) is 13.3. The van der Waals surface area contributed by atoms with Crippen molar-refractivity contribution in [2.75, 3.05) is 19.7 Å². The number of carbonyl (C=O) groups excluding carboxylic acids is 2. The lowest BCUT2D eigenvalue weighted by molar-refractivity contribution is -0.134. The van der Waals surface area contributed by atoms with E-state index in [1.807, 2.05) is 39.0 Å². The molecule has 0 unspecified atom stereocenters. The van der Waals surface area contributed by atoms with Gasteiger partial charge in [-0.3, -0.25) is 9.78 Å². The monoisotopic (exact) mass is 354 g/mol. The number of hydrogen-bond acceptors (Lipinski definition) is 4. The van der Waals surface area contributed by atoms with Crippen LogP contribution in [0, 0.1) is 6.92 Å². The van der Waals surface area contributed by atoms with Crippen LogP contribution in [0.15, 0.2) is 18.2 Å². The highest BCUT2D eigenvalue weighted by Crippen LogP contribution is 2.30. The van der Waals surface area contributed by atoms with Crippen LogP contribution in [0.4, 0.5) is 0 Å². The zero-order valence-corrected chi connectivity index (χ0v) is 15.8. The molecule has 26 heavy (non-hydrogen) atoms. The highest BCUT2D eigenvalue weighted by molar-refractivity contribution is 6.05. The van der Waals surface area contributed by atoms with Gasteiger partial charge >= 0.3 is 5.97 Å². The van der Waals surface area contributed by atoms with Crippen molar-refractivity contribution in [2.45, 2.75) is 46.5 Å². The third-order valence-corrected chi connectivity index (χ3v) is 5.06. The van der Waals surface area contributed by atoms with E-state index in [0.29, 0.717) is 18.7 Å². The third kappa shape index (κ3) is 3.57. The fourth-order valence-electron chi connectivity index (χ4n) is 3.64. The van der Waals surface area contributed by atoms with Gasteiger partial charge in [0.05, 0.1) is 11.1 Å². The minimum atomic E-state index is -0.415. The average molecular weight is 354 g/mol. The number of rotatable bonds is 5. The van der Waals surface area contributed by atoms with E-state index in [2.05, 4.69) is 0 Å². The van der Waals surface area contributed by atoms with E-state index in [-0.39, 0.29) is 12.5 Å². The standard InChI is InChI=1S/C21H26N2O3/c1-4-23(5-2)19(24)13-26-21(25)20-15-8-6-7-9-17(15)22-18-11-10-14(3)12-16(18)20/h10-12H,4-9,13H2,1-3H3. The van der Waals surface area contributed by atoms with E-state index in [9.17, 15) is 9.59 Å². The van der Waals surface area contributed by atoms with Crippen LogP contribution >= 0.6 is 0 Å². The summed E-state index contributed by atoms with van der Waals surface area (Å²) >= 11 is 0. The Morgan fingerprint density at radius 3 is 2.62 bits per heavy atom. The average Bonchev–Trinajstić information content (AvgIpc) is 2.65. The van der Waals surface area contributed by atoms with Gasteiger partial charge in [-0.05, 0) is 64.2 Å². The molecule has 1 aliphatic carbocycles. The van der Waals surface area contributed by atoms with E-state index < -0.39 is 5.97 Å². The van der Waals surface area contributed by atoms with Crippen LogP contribution in [-0.2, 0) is 22.4 Å². The molecule has 1 aromatic heterocycles. The summed E-state index contributed by atoms with van der Waals surface area (Å²) in [5, 5.41) is 0.825. The van der Waals surface area contributed by atoms with Crippen LogP contribution < -0.4 is 0 Å². The molecule has 5 nitrogen and oxygen atoms in total. The fraction of sp³-hybridized carbons (Fsp3) is 0.476. The van der Waals surface area contributed by atoms with Gasteiger partial charge in [-0.1, -0.05) is 11.6 Å². The molecule has 5 heteroatoms. The lowest BCUT2D eigenvalue weighted by Gasteiger charge is -2.21. The van der Waals surface area contributed by atoms with E-state index >= 15 is 0 Å². The zero-order valence-electron chi connectivity index (χ0n) is 15.8. The fourth-order valence-corrected chi connectivity index (χ4v) is 3.64. The number of pyridine rings is 1. The minimum absolute atomic E-state index is 0.160. The van der Waals surface area contributed by atoms with Crippen LogP contribution in [0.1, 0.15) is 53.9 Å². The summed E-state index contributed by atoms with van der Waals surface area (Å²) in [6, 6.07) is 5.95. The molecule has 0 saturated carbocycles. The molecule has 0 saturated heterocycles. The molecule has 1 heterocycles. The Kier molecular flexibility index (Phi) is 5.55. The lowest BCUT2D eigenvalue weighted by atomic mass is 9.89. The Morgan fingerprint density at radius 1 is 1.15 bits per heavy atom. The maximum atomic E-state index is 12.9. The molecule has 2 aromatic rings. The number of carbonyl (C=O) groups is 2. The maximum Gasteiger partial charge on any atom is 0.339 e. The van der Waals surface area contributed by atoms with Gasteiger partial charge in [-0.2, -0.15) is 0 Å². The first kappa shape index (κ1) is 18.4. The van der Waals surface area contributed by atoms with Gasteiger partial charge in [0, 0.05) is 24.2 Å². The van der Waals surface area contributed by atoms with E-state index in [1.54, 1.807) is 4.90 Å². The van der Waals surface area contributed by atoms with Gasteiger partial charge < -0.3 is 9.64 Å². The molecular weight excluding hydrogens is 328 g/mol. The van der Waals surface area contributed by atoms with Crippen molar-refractivity contribution in [3.63, 3.8) is 0 Å². The Bertz CT molecular complexity index is 841. The predicted octanol–water partition coefficient (Wildman–Crippen LogP) is 3.45. The molecule has 1 aliphatic rings. The second-order valence-corrected chi connectivity index (χ2v) is 6.78. The Morgan fingerprint density at radius 2 is 1.88 bits per heavy atom. The number of benzene rings is 1. The predicted molar refractivity (Wildman–Crippen MR) is 101 cm³/mol. The molecule has 1 amide bonds. The van der Waals surface area contributed by atoms with E-state index in [0.717, 1.165) is 53.4 Å². The van der Waals surface area contributed by atoms with Crippen LogP contribution in [0.2, 0.25) is 0 Å². The molecule has 0 fully saturated rings. The number of nitrogens with zero attached hydrogens (tertiary/aromatic N) is 2. The van der Waals surface area contributed by atoms with Gasteiger partial charge in [0.15, 0.2) is 6.61 Å². The SMILES string of the molecule is CCN(CC)C(=O)COC(=O)c1c2c(nc3ccc(C)cc13)CCCC2. The molecule has 0 spiro atoms. The second kappa shape index (κ2) is 7.85. The summed E-state index contributed by atoms with van der Waals surface area (Å²) in [6.07, 6.45) is 3.86. The number of fused-ring (bicyclic) bond motifs is 2. The molecular formula is C21H26N2O3. The smallest absolute Gasteiger partial charge is 0.339 e. The van der Waals surface area contributed by atoms with Crippen molar-refractivity contribution < 1.29 is 14.3 Å². The van der Waals surface area contributed by atoms with Crippen molar-refractivity contribution in [3.8, 4) is 0 Å². The largest absolute Gasteiger partial charge is 0.452 e. The summed E-state index contributed by atoms with van der Waals surface area (Å²) in [7, 11) is 0. The maximum absolute atomic E-state index is 12.9. The van der Waals surface area contributed by atoms with Crippen molar-refractivity contribution in [2.24, 2.45) is 0 Å². The molecule has 0 radical (unpaired) electrons. The van der Waals surface area contributed by atoms with E-state index in [1.165, 1.54) is 0 Å². The number of likely N-dealkylation sites (N-methyl/N-ethyl adjacent to an activating group) is 1. The summed E-state index contributed by atoms with van der Waals surface area (Å²) in [5.41, 5.74) is 4.48. The van der Waals surface area contributed by atoms with Gasteiger partial charge in [0.2, 0.25) is 0 Å². The lowest BCUT2D eigenvalue weighted by Crippen LogP contribution is -2.34. The van der Waals surface area contributed by atoms with Crippen LogP contribution in [0.25, 0.3) is 10.9 Å². The van der Waals surface area contributed by atoms with Crippen molar-refractivity contribution in [1.82, 2.24) is 9.88 Å². The summed E-state index contributed by atoms with van der Waals surface area (Å²) in [5.74, 6) is -0.576. The first-order valence-corrected chi connectivity index (χ1v) is 9.42. The van der Waals surface area contributed by atoms with Crippen LogP contribution in [0.5, 0.6) is 0 Å². The van der Waals surface area contributed by atoms with Gasteiger partial charge in [0.1, 0.15) is 0 Å². The van der Waals surface area contributed by atoms with Gasteiger partial charge in [0.25, 0.3) is 5.91 Å². The Balaban J connectivity index is 1.96. The number of amides is 1. The summed E-state index contributed by atoms with van der Waals surface area (Å²) in [4.78, 5) is 31.5. The highest BCUT2D eigenvalue weighted by atomic mass is 16.5. The number of aromatic nitrogens is 1. The Hall–Kier alpha value is -2.43. The molecule has 0 atom stereocenters. The number of aryl methyl sites for hydroxylation is 2. The first-order valence-electron chi connectivity index (χ1n) is 9.42. The summed E-state index contributed by atoms with van der Waals surface area (Å²) < 4.78 is 5.43. The quantitative estimate of drug-likeness (QED) is 0.772. The van der Waals surface area contributed by atoms with Crippen LogP contribution in [-0.4, -0.2) is 41.5 Å². The van der Waals surface area contributed by atoms with Gasteiger partial charge in [-0.25, -0.2) is 4.79 Å². The molecule has 3 rings (SSSR count). The molecule has 0 aliphatic heterocycles. The third-order valence-electron chi connectivity index (χ3n) is 5.06. The first-order chi connectivity index (χ1) is 12.5. The zero-order chi connectivity index (χ0) is 18.7.